The summed E-state index contributed by atoms with van der Waals surface area (Å²) >= 11 is 5.33. The van der Waals surface area contributed by atoms with Crippen LogP contribution in [-0.2, 0) is 0 Å². The van der Waals surface area contributed by atoms with E-state index in [4.69, 9.17) is 0 Å². The normalized spacial score (nSPS) is 15.9. The first-order chi connectivity index (χ1) is 14.7. The van der Waals surface area contributed by atoms with Gasteiger partial charge in [-0.1, -0.05) is 45.2 Å². The Balaban J connectivity index is 6.48. The maximum absolute atomic E-state index is 13.7. The van der Waals surface area contributed by atoms with Crippen molar-refractivity contribution in [1.29, 1.82) is 0 Å². The average Bonchev–Trinajstić information content (AvgIpc) is 2.64. The van der Waals surface area contributed by atoms with Gasteiger partial charge in [0.05, 0.1) is 3.74 Å². The Morgan fingerprint density at radius 1 is 0.471 bits per heavy atom. The largest absolute Gasteiger partial charge is 0.384 e. The topological polar surface area (TPSA) is 0 Å². The number of alkyl halides is 18. The van der Waals surface area contributed by atoms with Gasteiger partial charge in [-0.15, -0.1) is 0 Å². The predicted molar refractivity (Wildman–Crippen MR) is 94.6 cm³/mol. The van der Waals surface area contributed by atoms with Crippen molar-refractivity contribution in [3.63, 3.8) is 0 Å². The molecule has 0 N–H and O–H groups in total. The molecule has 0 saturated heterocycles. The molecule has 0 fully saturated rings. The Labute approximate surface area is 199 Å². The van der Waals surface area contributed by atoms with Crippen LogP contribution in [0.5, 0.6) is 0 Å². The third kappa shape index (κ3) is 5.41. The van der Waals surface area contributed by atoms with Crippen molar-refractivity contribution < 1.29 is 70.2 Å². The molecule has 34 heavy (non-hydrogen) atoms. The summed E-state index contributed by atoms with van der Waals surface area (Å²) in [5.74, 6) is -60.3. The number of hydrogen-bond donors (Lipinski definition) is 0. The van der Waals surface area contributed by atoms with Gasteiger partial charge in [0.1, 0.15) is 0 Å². The minimum Gasteiger partial charge on any atom is -0.200 e. The van der Waals surface area contributed by atoms with Gasteiger partial charge in [0, 0.05) is 12.8 Å². The van der Waals surface area contributed by atoms with Crippen LogP contribution >= 0.6 is 31.9 Å². The van der Waals surface area contributed by atoms with E-state index in [0.717, 1.165) is 6.92 Å². The minimum atomic E-state index is -8.35. The molecule has 18 heteroatoms. The summed E-state index contributed by atoms with van der Waals surface area (Å²) in [4.78, 5) is 0. The van der Waals surface area contributed by atoms with E-state index in [9.17, 15) is 70.2 Å². The molecule has 0 radical (unpaired) electrons. The SMILES string of the molecule is CCCCC(F)(F)C(F)(F)C(F)(F)C(F)(F)C(F)(F)C(F)(F)C(F)(F)C(F)(F)CCCC(Br)Br. The van der Waals surface area contributed by atoms with E-state index in [-0.39, 0.29) is 0 Å². The molecular weight excluding hydrogens is 656 g/mol. The van der Waals surface area contributed by atoms with Gasteiger partial charge >= 0.3 is 47.4 Å². The number of hydrogen-bond acceptors (Lipinski definition) is 0. The molecule has 0 unspecified atom stereocenters. The molecule has 0 aromatic rings. The molecule has 0 aromatic carbocycles. The quantitative estimate of drug-likeness (QED) is 0.128. The van der Waals surface area contributed by atoms with E-state index >= 15 is 0 Å². The van der Waals surface area contributed by atoms with Gasteiger partial charge < -0.3 is 0 Å². The number of unbranched alkanes of at least 4 members (excludes halogenated alkanes) is 1. The van der Waals surface area contributed by atoms with Gasteiger partial charge in [-0.05, 0) is 19.3 Å². The van der Waals surface area contributed by atoms with Crippen molar-refractivity contribution in [3.05, 3.63) is 0 Å². The number of rotatable bonds is 14. The molecule has 0 saturated carbocycles. The van der Waals surface area contributed by atoms with Crippen LogP contribution in [0.2, 0.25) is 0 Å². The molecular formula is C16H16Br2F16. The fraction of sp³-hybridized carbons (Fsp3) is 1.00. The summed E-state index contributed by atoms with van der Waals surface area (Å²) in [5.41, 5.74) is 0. The summed E-state index contributed by atoms with van der Waals surface area (Å²) in [7, 11) is 0. The monoisotopic (exact) mass is 670 g/mol. The van der Waals surface area contributed by atoms with E-state index in [1.165, 1.54) is 0 Å². The first kappa shape index (κ1) is 33.8. The highest BCUT2D eigenvalue weighted by molar-refractivity contribution is 9.24. The van der Waals surface area contributed by atoms with E-state index in [0.29, 0.717) is 0 Å². The standard InChI is InChI=1S/C16H16Br2F16/c1-2-3-6-9(19,20)11(23,24)13(27,28)15(31,32)16(33,34)14(29,30)12(25,26)10(21,22)7-4-5-8(17)18/h8H,2-7H2,1H3. The van der Waals surface area contributed by atoms with Gasteiger partial charge in [-0.3, -0.25) is 0 Å². The van der Waals surface area contributed by atoms with Crippen LogP contribution in [0.25, 0.3) is 0 Å². The first-order valence-corrected chi connectivity index (χ1v) is 10.9. The molecule has 0 nitrogen and oxygen atoms in total. The summed E-state index contributed by atoms with van der Waals surface area (Å²) in [6.07, 6.45) is -7.79. The second-order valence-electron chi connectivity index (χ2n) is 7.24. The Bertz CT molecular complexity index is 674. The van der Waals surface area contributed by atoms with Crippen molar-refractivity contribution in [1.82, 2.24) is 0 Å². The predicted octanol–water partition coefficient (Wildman–Crippen LogP) is 9.55. The summed E-state index contributed by atoms with van der Waals surface area (Å²) in [6.45, 7) is 1.04. The van der Waals surface area contributed by atoms with Gasteiger partial charge in [0.25, 0.3) is 0 Å². The summed E-state index contributed by atoms with van der Waals surface area (Å²) in [6, 6.07) is 0. The molecule has 0 aromatic heterocycles. The van der Waals surface area contributed by atoms with E-state index in [1.54, 1.807) is 0 Å². The lowest BCUT2D eigenvalue weighted by molar-refractivity contribution is -0.453. The maximum Gasteiger partial charge on any atom is 0.384 e. The smallest absolute Gasteiger partial charge is 0.200 e. The highest BCUT2D eigenvalue weighted by Gasteiger charge is 2.94. The molecule has 0 amide bonds. The molecule has 0 aliphatic rings. The summed E-state index contributed by atoms with van der Waals surface area (Å²) < 4.78 is 218. The zero-order valence-electron chi connectivity index (χ0n) is 16.6. The second-order valence-corrected chi connectivity index (χ2v) is 10.7. The highest BCUT2D eigenvalue weighted by atomic mass is 79.9. The van der Waals surface area contributed by atoms with E-state index < -0.39 is 89.6 Å². The lowest BCUT2D eigenvalue weighted by Gasteiger charge is -2.43. The van der Waals surface area contributed by atoms with E-state index in [1.807, 2.05) is 0 Å². The average molecular weight is 672 g/mol. The minimum absolute atomic E-state index is 0.423. The van der Waals surface area contributed by atoms with Crippen LogP contribution in [0, 0.1) is 0 Å². The lowest BCUT2D eigenvalue weighted by atomic mass is 9.86. The zero-order chi connectivity index (χ0) is 27.8. The van der Waals surface area contributed by atoms with Crippen molar-refractivity contribution in [2.45, 2.75) is 96.6 Å². The summed E-state index contributed by atoms with van der Waals surface area (Å²) in [5, 5.41) is 0. The fourth-order valence-electron chi connectivity index (χ4n) is 2.44. The Hall–Kier alpha value is -0.160. The molecule has 0 heterocycles. The Morgan fingerprint density at radius 3 is 1.00 bits per heavy atom. The number of halogens is 18. The van der Waals surface area contributed by atoms with Crippen LogP contribution in [-0.4, -0.2) is 51.1 Å². The molecule has 0 aliphatic heterocycles. The third-order valence-corrected chi connectivity index (χ3v) is 5.56. The van der Waals surface area contributed by atoms with Crippen LogP contribution in [0.15, 0.2) is 0 Å². The van der Waals surface area contributed by atoms with Crippen molar-refractivity contribution >= 4 is 31.9 Å². The lowest BCUT2D eigenvalue weighted by Crippen LogP contribution is -2.74. The van der Waals surface area contributed by atoms with Gasteiger partial charge in [-0.2, -0.15) is 70.2 Å². The van der Waals surface area contributed by atoms with Crippen molar-refractivity contribution in [2.24, 2.45) is 0 Å². The molecule has 0 spiro atoms. The van der Waals surface area contributed by atoms with Gasteiger partial charge in [-0.25, -0.2) is 0 Å². The van der Waals surface area contributed by atoms with Crippen LogP contribution in [0.4, 0.5) is 70.2 Å². The van der Waals surface area contributed by atoms with Gasteiger partial charge in [0.2, 0.25) is 0 Å². The van der Waals surface area contributed by atoms with Crippen LogP contribution in [0.1, 0.15) is 45.4 Å². The second kappa shape index (κ2) is 10.3. The molecule has 206 valence electrons. The van der Waals surface area contributed by atoms with Crippen LogP contribution < -0.4 is 0 Å². The van der Waals surface area contributed by atoms with Gasteiger partial charge in [0.15, 0.2) is 0 Å². The molecule has 0 bridgehead atoms. The maximum atomic E-state index is 13.7. The van der Waals surface area contributed by atoms with Crippen molar-refractivity contribution in [3.8, 4) is 0 Å². The molecule has 0 rings (SSSR count). The van der Waals surface area contributed by atoms with Crippen LogP contribution in [0.3, 0.4) is 0 Å². The Kier molecular flexibility index (Phi) is 10.3. The Morgan fingerprint density at radius 2 is 0.735 bits per heavy atom. The van der Waals surface area contributed by atoms with Crippen molar-refractivity contribution in [2.75, 3.05) is 0 Å². The third-order valence-electron chi connectivity index (χ3n) is 4.65. The molecule has 0 atom stereocenters. The zero-order valence-corrected chi connectivity index (χ0v) is 19.8. The highest BCUT2D eigenvalue weighted by Crippen LogP contribution is 2.64. The van der Waals surface area contributed by atoms with E-state index in [2.05, 4.69) is 31.9 Å². The molecule has 0 aliphatic carbocycles. The first-order valence-electron chi connectivity index (χ1n) is 9.03. The fourth-order valence-corrected chi connectivity index (χ4v) is 3.09.